The number of likely N-dealkylation sites (N-methyl/N-ethyl adjacent to an activating group) is 1. The summed E-state index contributed by atoms with van der Waals surface area (Å²) in [4.78, 5) is 38.4. The van der Waals surface area contributed by atoms with Crippen LogP contribution in [-0.4, -0.2) is 67.6 Å². The van der Waals surface area contributed by atoms with Crippen LogP contribution in [0.3, 0.4) is 0 Å². The number of nitrogens with one attached hydrogen (secondary N) is 1. The average Bonchev–Trinajstić information content (AvgIpc) is 3.00. The summed E-state index contributed by atoms with van der Waals surface area (Å²) in [5.74, 6) is -0.0765. The molecule has 1 heterocycles. The molecule has 1 fully saturated rings. The lowest BCUT2D eigenvalue weighted by Crippen LogP contribution is -2.43. The molecule has 1 aliphatic heterocycles. The van der Waals surface area contributed by atoms with E-state index in [1.165, 1.54) is 7.11 Å². The highest BCUT2D eigenvalue weighted by atomic mass is 16.6. The fourth-order valence-corrected chi connectivity index (χ4v) is 2.32. The molecule has 0 radical (unpaired) electrons. The molecule has 1 N–H and O–H groups in total. The molecule has 1 aromatic carbocycles. The molecular formula is C16H21N3O5. The number of carbonyl (C=O) groups is 3. The first kappa shape index (κ1) is 17.7. The number of anilines is 1. The lowest BCUT2D eigenvalue weighted by molar-refractivity contribution is -0.129. The predicted molar refractivity (Wildman–Crippen MR) is 86.8 cm³/mol. The number of ether oxygens (including phenoxy) is 2. The van der Waals surface area contributed by atoms with Crippen LogP contribution < -0.4 is 10.1 Å². The molecule has 0 atom stereocenters. The number of cyclic esters (lactones) is 1. The van der Waals surface area contributed by atoms with E-state index in [0.717, 1.165) is 4.90 Å². The van der Waals surface area contributed by atoms with E-state index in [1.54, 1.807) is 29.2 Å². The Morgan fingerprint density at radius 1 is 1.33 bits per heavy atom. The monoisotopic (exact) mass is 335 g/mol. The normalized spacial score (nSPS) is 13.8. The first-order chi connectivity index (χ1) is 11.5. The minimum Gasteiger partial charge on any atom is -0.495 e. The smallest absolute Gasteiger partial charge is 0.416 e. The minimum atomic E-state index is -0.630. The van der Waals surface area contributed by atoms with Gasteiger partial charge in [-0.25, -0.2) is 9.69 Å². The van der Waals surface area contributed by atoms with E-state index in [2.05, 4.69) is 5.32 Å². The second-order valence-electron chi connectivity index (χ2n) is 5.21. The largest absolute Gasteiger partial charge is 0.495 e. The number of imide groups is 1. The van der Waals surface area contributed by atoms with Crippen molar-refractivity contribution in [1.29, 1.82) is 0 Å². The number of para-hydroxylation sites is 2. The molecule has 1 aromatic rings. The molecule has 3 amide bonds. The highest BCUT2D eigenvalue weighted by Gasteiger charge is 2.29. The maximum Gasteiger partial charge on any atom is 0.416 e. The number of nitrogens with zero attached hydrogens (tertiary/aromatic N) is 2. The molecular weight excluding hydrogens is 314 g/mol. The first-order valence-electron chi connectivity index (χ1n) is 7.67. The van der Waals surface area contributed by atoms with Gasteiger partial charge in [-0.15, -0.1) is 0 Å². The van der Waals surface area contributed by atoms with Crippen molar-refractivity contribution in [2.45, 2.75) is 6.92 Å². The summed E-state index contributed by atoms with van der Waals surface area (Å²) >= 11 is 0. The summed E-state index contributed by atoms with van der Waals surface area (Å²) < 4.78 is 9.92. The van der Waals surface area contributed by atoms with Crippen LogP contribution in [0.1, 0.15) is 6.92 Å². The van der Waals surface area contributed by atoms with Gasteiger partial charge in [-0.2, -0.15) is 0 Å². The molecule has 0 aliphatic carbocycles. The van der Waals surface area contributed by atoms with Crippen LogP contribution in [0, 0.1) is 0 Å². The highest BCUT2D eigenvalue weighted by molar-refractivity contribution is 5.96. The molecule has 8 heteroatoms. The van der Waals surface area contributed by atoms with Crippen molar-refractivity contribution in [1.82, 2.24) is 9.80 Å². The van der Waals surface area contributed by atoms with Crippen LogP contribution in [0.2, 0.25) is 0 Å². The van der Waals surface area contributed by atoms with Crippen molar-refractivity contribution in [2.24, 2.45) is 0 Å². The van der Waals surface area contributed by atoms with Gasteiger partial charge in [0, 0.05) is 0 Å². The predicted octanol–water partition coefficient (Wildman–Crippen LogP) is 0.934. The summed E-state index contributed by atoms with van der Waals surface area (Å²) in [7, 11) is 1.52. The number of methoxy groups -OCH3 is 1. The fraction of sp³-hybridized carbons (Fsp3) is 0.438. The van der Waals surface area contributed by atoms with Gasteiger partial charge < -0.3 is 14.8 Å². The summed E-state index contributed by atoms with van der Waals surface area (Å²) in [6.45, 7) is 2.81. The lowest BCUT2D eigenvalue weighted by atomic mass is 10.3. The van der Waals surface area contributed by atoms with Crippen LogP contribution in [0.5, 0.6) is 5.75 Å². The number of benzene rings is 1. The van der Waals surface area contributed by atoms with Crippen LogP contribution in [-0.2, 0) is 14.3 Å². The molecule has 8 nitrogen and oxygen atoms in total. The molecule has 24 heavy (non-hydrogen) atoms. The zero-order valence-corrected chi connectivity index (χ0v) is 13.8. The Hall–Kier alpha value is -2.61. The topological polar surface area (TPSA) is 88.2 Å². The lowest BCUT2D eigenvalue weighted by Gasteiger charge is -2.21. The van der Waals surface area contributed by atoms with Gasteiger partial charge in [0.2, 0.25) is 11.8 Å². The SMILES string of the molecule is CCN(CC(=O)Nc1ccccc1OC)CC(=O)N1CCOC1=O. The molecule has 0 unspecified atom stereocenters. The second-order valence-corrected chi connectivity index (χ2v) is 5.21. The Labute approximate surface area is 140 Å². The Bertz CT molecular complexity index is 619. The minimum absolute atomic E-state index is 0.0229. The van der Waals surface area contributed by atoms with Gasteiger partial charge in [0.05, 0.1) is 32.4 Å². The van der Waals surface area contributed by atoms with E-state index in [9.17, 15) is 14.4 Å². The van der Waals surface area contributed by atoms with Crippen molar-refractivity contribution in [3.63, 3.8) is 0 Å². The van der Waals surface area contributed by atoms with Gasteiger partial charge >= 0.3 is 6.09 Å². The van der Waals surface area contributed by atoms with Gasteiger partial charge in [0.1, 0.15) is 12.4 Å². The van der Waals surface area contributed by atoms with Crippen LogP contribution >= 0.6 is 0 Å². The van der Waals surface area contributed by atoms with Gasteiger partial charge in [-0.3, -0.25) is 14.5 Å². The third-order valence-corrected chi connectivity index (χ3v) is 3.62. The van der Waals surface area contributed by atoms with Gasteiger partial charge in [-0.05, 0) is 18.7 Å². The van der Waals surface area contributed by atoms with E-state index >= 15 is 0 Å². The standard InChI is InChI=1S/C16H21N3O5/c1-3-18(11-15(21)19-8-9-24-16(19)22)10-14(20)17-12-6-4-5-7-13(12)23-2/h4-7H,3,8-11H2,1-2H3,(H,17,20). The van der Waals surface area contributed by atoms with Gasteiger partial charge in [0.15, 0.2) is 0 Å². The number of rotatable bonds is 7. The maximum absolute atomic E-state index is 12.2. The van der Waals surface area contributed by atoms with E-state index in [-0.39, 0.29) is 38.1 Å². The van der Waals surface area contributed by atoms with Crippen LogP contribution in [0.4, 0.5) is 10.5 Å². The molecule has 0 spiro atoms. The number of carbonyl (C=O) groups excluding carboxylic acids is 3. The Morgan fingerprint density at radius 3 is 2.71 bits per heavy atom. The molecule has 130 valence electrons. The van der Waals surface area contributed by atoms with Crippen molar-refractivity contribution < 1.29 is 23.9 Å². The maximum atomic E-state index is 12.2. The number of hydrogen-bond donors (Lipinski definition) is 1. The second kappa shape index (κ2) is 8.30. The van der Waals surface area contributed by atoms with Crippen LogP contribution in [0.15, 0.2) is 24.3 Å². The Morgan fingerprint density at radius 2 is 2.08 bits per heavy atom. The Balaban J connectivity index is 1.90. The molecule has 1 saturated heterocycles. The zero-order chi connectivity index (χ0) is 17.5. The molecule has 0 bridgehead atoms. The van der Waals surface area contributed by atoms with Crippen LogP contribution in [0.25, 0.3) is 0 Å². The Kier molecular flexibility index (Phi) is 6.14. The third kappa shape index (κ3) is 4.45. The van der Waals surface area contributed by atoms with Crippen molar-refractivity contribution in [3.05, 3.63) is 24.3 Å². The van der Waals surface area contributed by atoms with E-state index in [1.807, 2.05) is 6.92 Å². The summed E-state index contributed by atoms with van der Waals surface area (Å²) in [5, 5.41) is 2.76. The van der Waals surface area contributed by atoms with Gasteiger partial charge in [0.25, 0.3) is 0 Å². The van der Waals surface area contributed by atoms with Crippen molar-refractivity contribution in [2.75, 3.05) is 45.2 Å². The van der Waals surface area contributed by atoms with E-state index in [4.69, 9.17) is 9.47 Å². The molecule has 1 aliphatic rings. The summed E-state index contributed by atoms with van der Waals surface area (Å²) in [6.07, 6.45) is -0.630. The molecule has 0 aromatic heterocycles. The summed E-state index contributed by atoms with van der Waals surface area (Å²) in [5.41, 5.74) is 0.565. The summed E-state index contributed by atoms with van der Waals surface area (Å²) in [6, 6.07) is 7.08. The van der Waals surface area contributed by atoms with Crippen molar-refractivity contribution >= 4 is 23.6 Å². The van der Waals surface area contributed by atoms with Gasteiger partial charge in [-0.1, -0.05) is 19.1 Å². The quantitative estimate of drug-likeness (QED) is 0.798. The van der Waals surface area contributed by atoms with Crippen molar-refractivity contribution in [3.8, 4) is 5.75 Å². The first-order valence-corrected chi connectivity index (χ1v) is 7.67. The third-order valence-electron chi connectivity index (χ3n) is 3.62. The van der Waals surface area contributed by atoms with E-state index in [0.29, 0.717) is 18.0 Å². The number of amides is 3. The average molecular weight is 335 g/mol. The molecule has 2 rings (SSSR count). The highest BCUT2D eigenvalue weighted by Crippen LogP contribution is 2.22. The molecule has 0 saturated carbocycles. The van der Waals surface area contributed by atoms with E-state index < -0.39 is 6.09 Å². The number of hydrogen-bond acceptors (Lipinski definition) is 6. The fourth-order valence-electron chi connectivity index (χ4n) is 2.32. The zero-order valence-electron chi connectivity index (χ0n) is 13.8.